The van der Waals surface area contributed by atoms with Crippen LogP contribution in [-0.2, 0) is 9.05 Å². The molecule has 21 heavy (non-hydrogen) atoms. The van der Waals surface area contributed by atoms with Crippen molar-refractivity contribution in [3.63, 3.8) is 0 Å². The minimum atomic E-state index is -3.38. The summed E-state index contributed by atoms with van der Waals surface area (Å²) < 4.78 is 27.3. The Morgan fingerprint density at radius 2 is 1.67 bits per heavy atom. The van der Waals surface area contributed by atoms with Crippen molar-refractivity contribution < 1.29 is 13.2 Å². The molecule has 0 amide bonds. The summed E-state index contributed by atoms with van der Waals surface area (Å²) in [5.41, 5.74) is 0. The lowest BCUT2D eigenvalue weighted by atomic mass is 10.1. The summed E-state index contributed by atoms with van der Waals surface area (Å²) >= 11 is 6.15. The minimum absolute atomic E-state index is 0.0123. The Bertz CT molecular complexity index is 714. The van der Waals surface area contributed by atoms with E-state index >= 15 is 0 Å². The fourth-order valence-corrected chi connectivity index (χ4v) is 3.20. The number of hydrogen-bond donors (Lipinski definition) is 0. The second-order valence-corrected chi connectivity index (χ2v) is 8.05. The lowest BCUT2D eigenvalue weighted by molar-refractivity contribution is 0.310. The van der Waals surface area contributed by atoms with E-state index in [0.29, 0.717) is 18.1 Å². The van der Waals surface area contributed by atoms with Crippen LogP contribution in [0.4, 0.5) is 0 Å². The van der Waals surface area contributed by atoms with Crippen molar-refractivity contribution in [3.05, 3.63) is 41.4 Å². The molecular weight excluding hydrogens is 331 g/mol. The Kier molecular flexibility index (Phi) is 5.73. The standard InChI is InChI=1S/C15H16Cl2O3S/c16-14-8-9-15(13-7-3-2-6-12(13)14)20-10-4-1-5-11-21(17,18)19/h2-3,6-9H,1,4-5,10-11H2. The van der Waals surface area contributed by atoms with E-state index in [4.69, 9.17) is 27.0 Å². The lowest BCUT2D eigenvalue weighted by Gasteiger charge is -2.10. The van der Waals surface area contributed by atoms with Gasteiger partial charge in [0.15, 0.2) is 0 Å². The Morgan fingerprint density at radius 3 is 2.38 bits per heavy atom. The van der Waals surface area contributed by atoms with E-state index in [-0.39, 0.29) is 5.75 Å². The van der Waals surface area contributed by atoms with Crippen molar-refractivity contribution in [3.8, 4) is 5.75 Å². The third-order valence-corrected chi connectivity index (χ3v) is 4.69. The first-order chi connectivity index (χ1) is 9.97. The van der Waals surface area contributed by atoms with Crippen molar-refractivity contribution >= 4 is 42.1 Å². The van der Waals surface area contributed by atoms with E-state index in [1.165, 1.54) is 0 Å². The molecule has 0 heterocycles. The van der Waals surface area contributed by atoms with Gasteiger partial charge in [0.25, 0.3) is 0 Å². The first-order valence-electron chi connectivity index (χ1n) is 6.70. The lowest BCUT2D eigenvalue weighted by Crippen LogP contribution is -2.01. The average molecular weight is 347 g/mol. The van der Waals surface area contributed by atoms with Gasteiger partial charge in [-0.25, -0.2) is 8.42 Å². The second-order valence-electron chi connectivity index (χ2n) is 4.74. The summed E-state index contributed by atoms with van der Waals surface area (Å²) in [5, 5.41) is 2.64. The molecule has 0 N–H and O–H groups in total. The predicted octanol–water partition coefficient (Wildman–Crippen LogP) is 4.61. The molecular formula is C15H16Cl2O3S. The Hall–Kier alpha value is -0.970. The smallest absolute Gasteiger partial charge is 0.232 e. The molecule has 6 heteroatoms. The predicted molar refractivity (Wildman–Crippen MR) is 87.9 cm³/mol. The van der Waals surface area contributed by atoms with Gasteiger partial charge in [-0.3, -0.25) is 0 Å². The van der Waals surface area contributed by atoms with Crippen molar-refractivity contribution in [1.82, 2.24) is 0 Å². The van der Waals surface area contributed by atoms with Crippen LogP contribution >= 0.6 is 22.3 Å². The monoisotopic (exact) mass is 346 g/mol. The van der Waals surface area contributed by atoms with Crippen molar-refractivity contribution in [2.24, 2.45) is 0 Å². The number of fused-ring (bicyclic) bond motifs is 1. The van der Waals surface area contributed by atoms with Crippen LogP contribution < -0.4 is 4.74 Å². The van der Waals surface area contributed by atoms with Crippen molar-refractivity contribution in [2.45, 2.75) is 19.3 Å². The molecule has 0 aliphatic rings. The molecule has 0 saturated heterocycles. The van der Waals surface area contributed by atoms with E-state index in [1.54, 1.807) is 0 Å². The fourth-order valence-electron chi connectivity index (χ4n) is 2.10. The Labute approximate surface area is 134 Å². The Morgan fingerprint density at radius 1 is 0.952 bits per heavy atom. The molecule has 0 aliphatic carbocycles. The zero-order valence-corrected chi connectivity index (χ0v) is 13.7. The van der Waals surface area contributed by atoms with Gasteiger partial charge in [-0.1, -0.05) is 35.9 Å². The van der Waals surface area contributed by atoms with Crippen molar-refractivity contribution in [1.29, 1.82) is 0 Å². The van der Waals surface area contributed by atoms with Gasteiger partial charge in [0.2, 0.25) is 9.05 Å². The van der Waals surface area contributed by atoms with Gasteiger partial charge in [-0.05, 0) is 31.4 Å². The van der Waals surface area contributed by atoms with Crippen molar-refractivity contribution in [2.75, 3.05) is 12.4 Å². The van der Waals surface area contributed by atoms with Crippen LogP contribution in [0.2, 0.25) is 5.02 Å². The molecule has 2 aromatic rings. The molecule has 0 atom stereocenters. The van der Waals surface area contributed by atoms with Crippen LogP contribution in [0.1, 0.15) is 19.3 Å². The number of benzene rings is 2. The summed E-state index contributed by atoms with van der Waals surface area (Å²) in [5.74, 6) is 0.804. The average Bonchev–Trinajstić information content (AvgIpc) is 2.44. The molecule has 0 aromatic heterocycles. The molecule has 0 aliphatic heterocycles. The van der Waals surface area contributed by atoms with Crippen LogP contribution in [-0.4, -0.2) is 20.8 Å². The maximum Gasteiger partial charge on any atom is 0.232 e. The molecule has 2 aromatic carbocycles. The largest absolute Gasteiger partial charge is 0.493 e. The summed E-state index contributed by atoms with van der Waals surface area (Å²) in [6.45, 7) is 0.536. The number of ether oxygens (including phenoxy) is 1. The van der Waals surface area contributed by atoms with Gasteiger partial charge in [0.1, 0.15) is 5.75 Å². The number of rotatable bonds is 7. The summed E-state index contributed by atoms with van der Waals surface area (Å²) in [6.07, 6.45) is 2.09. The molecule has 3 nitrogen and oxygen atoms in total. The quantitative estimate of drug-likeness (QED) is 0.543. The fraction of sp³-hybridized carbons (Fsp3) is 0.333. The number of halogens is 2. The summed E-state index contributed by atoms with van der Waals surface area (Å²) in [7, 11) is 1.77. The normalized spacial score (nSPS) is 11.7. The molecule has 0 spiro atoms. The highest BCUT2D eigenvalue weighted by Crippen LogP contribution is 2.31. The zero-order chi connectivity index (χ0) is 15.3. The van der Waals surface area contributed by atoms with Gasteiger partial charge in [0, 0.05) is 26.5 Å². The summed E-state index contributed by atoms with van der Waals surface area (Å²) in [6, 6.07) is 11.5. The van der Waals surface area contributed by atoms with Gasteiger partial charge in [-0.15, -0.1) is 0 Å². The molecule has 0 bridgehead atoms. The third-order valence-electron chi connectivity index (χ3n) is 3.12. The number of hydrogen-bond acceptors (Lipinski definition) is 3. The van der Waals surface area contributed by atoms with Crippen LogP contribution in [0.3, 0.4) is 0 Å². The van der Waals surface area contributed by atoms with E-state index in [2.05, 4.69) is 0 Å². The molecule has 0 unspecified atom stereocenters. The van der Waals surface area contributed by atoms with Gasteiger partial charge >= 0.3 is 0 Å². The SMILES string of the molecule is O=S(=O)(Cl)CCCCCOc1ccc(Cl)c2ccccc12. The van der Waals surface area contributed by atoms with Crippen LogP contribution in [0.5, 0.6) is 5.75 Å². The maximum absolute atomic E-state index is 10.8. The molecule has 0 fully saturated rings. The Balaban J connectivity index is 1.88. The van der Waals surface area contributed by atoms with Crippen LogP contribution in [0.25, 0.3) is 10.8 Å². The molecule has 0 radical (unpaired) electrons. The summed E-state index contributed by atoms with van der Waals surface area (Å²) in [4.78, 5) is 0. The molecule has 114 valence electrons. The van der Waals surface area contributed by atoms with Crippen LogP contribution in [0.15, 0.2) is 36.4 Å². The maximum atomic E-state index is 10.8. The first kappa shape index (κ1) is 16.4. The van der Waals surface area contributed by atoms with Gasteiger partial charge in [-0.2, -0.15) is 0 Å². The first-order valence-corrected chi connectivity index (χ1v) is 9.55. The highest BCUT2D eigenvalue weighted by Gasteiger charge is 2.06. The highest BCUT2D eigenvalue weighted by atomic mass is 35.7. The van der Waals surface area contributed by atoms with Crippen LogP contribution in [0, 0.1) is 0 Å². The number of unbranched alkanes of at least 4 members (excludes halogenated alkanes) is 2. The third kappa shape index (κ3) is 5.06. The van der Waals surface area contributed by atoms with E-state index < -0.39 is 9.05 Å². The second kappa shape index (κ2) is 7.34. The highest BCUT2D eigenvalue weighted by molar-refractivity contribution is 8.13. The molecule has 2 rings (SSSR count). The minimum Gasteiger partial charge on any atom is -0.493 e. The van der Waals surface area contributed by atoms with E-state index in [9.17, 15) is 8.42 Å². The van der Waals surface area contributed by atoms with Gasteiger partial charge in [0.05, 0.1) is 12.4 Å². The van der Waals surface area contributed by atoms with E-state index in [1.807, 2.05) is 36.4 Å². The topological polar surface area (TPSA) is 43.4 Å². The van der Waals surface area contributed by atoms with E-state index in [0.717, 1.165) is 29.4 Å². The zero-order valence-electron chi connectivity index (χ0n) is 11.4. The van der Waals surface area contributed by atoms with Gasteiger partial charge < -0.3 is 4.74 Å². The molecule has 0 saturated carbocycles.